The number of hydrogen-bond acceptors (Lipinski definition) is 4. The lowest BCUT2D eigenvalue weighted by Gasteiger charge is -2.19. The third-order valence-electron chi connectivity index (χ3n) is 4.00. The van der Waals surface area contributed by atoms with E-state index in [0.29, 0.717) is 18.0 Å². The maximum Gasteiger partial charge on any atom is 0.222 e. The molecule has 0 radical (unpaired) electrons. The summed E-state index contributed by atoms with van der Waals surface area (Å²) in [6.45, 7) is 1.76. The number of benzene rings is 2. The predicted octanol–water partition coefficient (Wildman–Crippen LogP) is 3.35. The summed E-state index contributed by atoms with van der Waals surface area (Å²) in [5, 5.41) is 5.70. The summed E-state index contributed by atoms with van der Waals surface area (Å²) >= 11 is 3.42. The van der Waals surface area contributed by atoms with Gasteiger partial charge in [-0.05, 0) is 35.9 Å². The van der Waals surface area contributed by atoms with Crippen molar-refractivity contribution in [2.24, 2.45) is 0 Å². The molecule has 2 aromatic rings. The number of rotatable bonds is 8. The number of hydrogen-bond donors (Lipinski definition) is 2. The van der Waals surface area contributed by atoms with Crippen LogP contribution in [-0.4, -0.2) is 26.0 Å². The first-order valence-electron chi connectivity index (χ1n) is 8.43. The normalized spacial score (nSPS) is 11.4. The quantitative estimate of drug-likeness (QED) is 0.667. The molecule has 144 valence electrons. The van der Waals surface area contributed by atoms with Gasteiger partial charge in [-0.25, -0.2) is 0 Å². The molecular weight excluding hydrogens is 412 g/mol. The van der Waals surface area contributed by atoms with Crippen LogP contribution in [-0.2, 0) is 16.1 Å². The van der Waals surface area contributed by atoms with Gasteiger partial charge in [-0.3, -0.25) is 9.59 Å². The van der Waals surface area contributed by atoms with Gasteiger partial charge < -0.3 is 20.1 Å². The van der Waals surface area contributed by atoms with Crippen LogP contribution in [0.25, 0.3) is 0 Å². The molecule has 0 fully saturated rings. The second kappa shape index (κ2) is 9.97. The molecule has 2 rings (SSSR count). The summed E-state index contributed by atoms with van der Waals surface area (Å²) in [6.07, 6.45) is 0.127. The zero-order valence-corrected chi connectivity index (χ0v) is 17.1. The molecule has 1 unspecified atom stereocenters. The fraction of sp³-hybridized carbons (Fsp3) is 0.300. The molecule has 0 aliphatic rings. The second-order valence-electron chi connectivity index (χ2n) is 5.96. The Bertz CT molecular complexity index is 793. The molecular formula is C20H23BrN2O4. The van der Waals surface area contributed by atoms with Gasteiger partial charge >= 0.3 is 0 Å². The van der Waals surface area contributed by atoms with Gasteiger partial charge in [0.2, 0.25) is 11.8 Å². The average molecular weight is 435 g/mol. The second-order valence-corrected chi connectivity index (χ2v) is 6.88. The van der Waals surface area contributed by atoms with E-state index in [0.717, 1.165) is 15.6 Å². The van der Waals surface area contributed by atoms with Crippen molar-refractivity contribution in [3.8, 4) is 11.5 Å². The van der Waals surface area contributed by atoms with Gasteiger partial charge in [0.05, 0.1) is 26.7 Å². The van der Waals surface area contributed by atoms with E-state index in [2.05, 4.69) is 26.6 Å². The molecule has 0 bridgehead atoms. The number of ether oxygens (including phenoxy) is 2. The Morgan fingerprint density at radius 3 is 2.37 bits per heavy atom. The first-order chi connectivity index (χ1) is 12.9. The average Bonchev–Trinajstić information content (AvgIpc) is 2.65. The summed E-state index contributed by atoms with van der Waals surface area (Å²) in [5.74, 6) is 1.04. The highest BCUT2D eigenvalue weighted by atomic mass is 79.9. The summed E-state index contributed by atoms with van der Waals surface area (Å²) in [6, 6.07) is 12.5. The molecule has 0 aliphatic heterocycles. The summed E-state index contributed by atoms with van der Waals surface area (Å²) in [5.41, 5.74) is 1.70. The highest BCUT2D eigenvalue weighted by Crippen LogP contribution is 2.23. The smallest absolute Gasteiger partial charge is 0.222 e. The maximum atomic E-state index is 12.4. The molecule has 27 heavy (non-hydrogen) atoms. The van der Waals surface area contributed by atoms with Gasteiger partial charge in [-0.15, -0.1) is 0 Å². The van der Waals surface area contributed by atoms with E-state index >= 15 is 0 Å². The van der Waals surface area contributed by atoms with E-state index in [1.165, 1.54) is 6.92 Å². The first kappa shape index (κ1) is 20.8. The molecule has 0 saturated heterocycles. The number of carbonyl (C=O) groups is 2. The molecule has 0 aliphatic carbocycles. The molecule has 7 heteroatoms. The summed E-state index contributed by atoms with van der Waals surface area (Å²) < 4.78 is 11.4. The van der Waals surface area contributed by atoms with Crippen LogP contribution in [0.4, 0.5) is 0 Å². The zero-order chi connectivity index (χ0) is 19.8. The van der Waals surface area contributed by atoms with Gasteiger partial charge in [0.1, 0.15) is 11.5 Å². The molecule has 6 nitrogen and oxygen atoms in total. The first-order valence-corrected chi connectivity index (χ1v) is 9.22. The van der Waals surface area contributed by atoms with Gasteiger partial charge in [0.25, 0.3) is 0 Å². The van der Waals surface area contributed by atoms with Gasteiger partial charge in [-0.2, -0.15) is 0 Å². The predicted molar refractivity (Wildman–Crippen MR) is 107 cm³/mol. The topological polar surface area (TPSA) is 76.7 Å². The molecule has 0 heterocycles. The van der Waals surface area contributed by atoms with Crippen molar-refractivity contribution in [1.82, 2.24) is 10.6 Å². The van der Waals surface area contributed by atoms with E-state index in [9.17, 15) is 9.59 Å². The van der Waals surface area contributed by atoms with Crippen molar-refractivity contribution in [1.29, 1.82) is 0 Å². The standard InChI is InChI=1S/C20H23BrN2O4/c1-13(24)23-18(14-4-7-17(26-2)8-5-14)11-20(25)22-12-15-10-16(21)6-9-19(15)27-3/h4-10,18H,11-12H2,1-3H3,(H,22,25)(H,23,24). The number of carbonyl (C=O) groups excluding carboxylic acids is 2. The minimum atomic E-state index is -0.419. The minimum absolute atomic E-state index is 0.127. The minimum Gasteiger partial charge on any atom is -0.497 e. The van der Waals surface area contributed by atoms with Crippen LogP contribution >= 0.6 is 15.9 Å². The molecule has 0 aromatic heterocycles. The Kier molecular flexibility index (Phi) is 7.67. The van der Waals surface area contributed by atoms with Gasteiger partial charge in [0, 0.05) is 23.5 Å². The third-order valence-corrected chi connectivity index (χ3v) is 4.50. The van der Waals surface area contributed by atoms with Crippen molar-refractivity contribution in [3.05, 3.63) is 58.1 Å². The summed E-state index contributed by atoms with van der Waals surface area (Å²) in [7, 11) is 3.18. The fourth-order valence-electron chi connectivity index (χ4n) is 2.67. The van der Waals surface area contributed by atoms with E-state index in [-0.39, 0.29) is 18.2 Å². The van der Waals surface area contributed by atoms with E-state index in [1.807, 2.05) is 30.3 Å². The van der Waals surface area contributed by atoms with Crippen LogP contribution in [0.15, 0.2) is 46.9 Å². The molecule has 2 aromatic carbocycles. The van der Waals surface area contributed by atoms with Crippen molar-refractivity contribution in [3.63, 3.8) is 0 Å². The van der Waals surface area contributed by atoms with Crippen LogP contribution in [0.5, 0.6) is 11.5 Å². The molecule has 0 spiro atoms. The van der Waals surface area contributed by atoms with E-state index in [1.54, 1.807) is 26.4 Å². The fourth-order valence-corrected chi connectivity index (χ4v) is 3.08. The molecule has 1 atom stereocenters. The van der Waals surface area contributed by atoms with Crippen molar-refractivity contribution < 1.29 is 19.1 Å². The number of methoxy groups -OCH3 is 2. The van der Waals surface area contributed by atoms with Gasteiger partial charge in [-0.1, -0.05) is 28.1 Å². The van der Waals surface area contributed by atoms with Crippen molar-refractivity contribution in [2.45, 2.75) is 25.9 Å². The lowest BCUT2D eigenvalue weighted by atomic mass is 10.0. The Balaban J connectivity index is 2.05. The monoisotopic (exact) mass is 434 g/mol. The Hall–Kier alpha value is -2.54. The molecule has 2 amide bonds. The largest absolute Gasteiger partial charge is 0.497 e. The van der Waals surface area contributed by atoms with Crippen LogP contribution in [0.3, 0.4) is 0 Å². The maximum absolute atomic E-state index is 12.4. The van der Waals surface area contributed by atoms with Crippen LogP contribution < -0.4 is 20.1 Å². The van der Waals surface area contributed by atoms with Crippen molar-refractivity contribution >= 4 is 27.7 Å². The SMILES string of the molecule is COc1ccc(C(CC(=O)NCc2cc(Br)ccc2OC)NC(C)=O)cc1. The van der Waals surface area contributed by atoms with Crippen LogP contribution in [0.1, 0.15) is 30.5 Å². The lowest BCUT2D eigenvalue weighted by Crippen LogP contribution is -2.32. The van der Waals surface area contributed by atoms with Crippen LogP contribution in [0.2, 0.25) is 0 Å². The number of amides is 2. The number of halogens is 1. The van der Waals surface area contributed by atoms with Gasteiger partial charge in [0.15, 0.2) is 0 Å². The molecule has 2 N–H and O–H groups in total. The Labute approximate surface area is 167 Å². The van der Waals surface area contributed by atoms with Crippen molar-refractivity contribution in [2.75, 3.05) is 14.2 Å². The molecule has 0 saturated carbocycles. The lowest BCUT2D eigenvalue weighted by molar-refractivity contribution is -0.122. The Morgan fingerprint density at radius 2 is 1.78 bits per heavy atom. The van der Waals surface area contributed by atoms with E-state index in [4.69, 9.17) is 9.47 Å². The Morgan fingerprint density at radius 1 is 1.07 bits per heavy atom. The van der Waals surface area contributed by atoms with Crippen LogP contribution in [0, 0.1) is 0 Å². The third kappa shape index (κ3) is 6.29. The summed E-state index contributed by atoms with van der Waals surface area (Å²) in [4.78, 5) is 24.0. The highest BCUT2D eigenvalue weighted by molar-refractivity contribution is 9.10. The number of nitrogens with one attached hydrogen (secondary N) is 2. The van der Waals surface area contributed by atoms with E-state index < -0.39 is 6.04 Å². The highest BCUT2D eigenvalue weighted by Gasteiger charge is 2.17. The zero-order valence-electron chi connectivity index (χ0n) is 15.5.